The summed E-state index contributed by atoms with van der Waals surface area (Å²) in [7, 11) is 0. The molecule has 8 heteroatoms. The van der Waals surface area contributed by atoms with Gasteiger partial charge in [0.25, 0.3) is 5.91 Å². The molecule has 29 heavy (non-hydrogen) atoms. The third-order valence-corrected chi connectivity index (χ3v) is 5.64. The van der Waals surface area contributed by atoms with Crippen LogP contribution in [0.1, 0.15) is 49.1 Å². The maximum atomic E-state index is 12.5. The number of piperazine rings is 1. The highest BCUT2D eigenvalue weighted by Crippen LogP contribution is 2.11. The molecule has 0 bridgehead atoms. The average Bonchev–Trinajstić information content (AvgIpc) is 3.14. The van der Waals surface area contributed by atoms with Crippen molar-refractivity contribution < 1.29 is 18.8 Å². The second kappa shape index (κ2) is 11.0. The second-order valence-corrected chi connectivity index (χ2v) is 7.79. The van der Waals surface area contributed by atoms with Crippen molar-refractivity contribution in [2.24, 2.45) is 0 Å². The fourth-order valence-electron chi connectivity index (χ4n) is 3.86. The van der Waals surface area contributed by atoms with Crippen LogP contribution in [0.15, 0.2) is 22.8 Å². The molecule has 0 aromatic carbocycles. The molecule has 0 saturated carbocycles. The molecule has 8 nitrogen and oxygen atoms in total. The van der Waals surface area contributed by atoms with E-state index in [9.17, 15) is 14.4 Å². The van der Waals surface area contributed by atoms with Crippen LogP contribution < -0.4 is 5.32 Å². The fourth-order valence-corrected chi connectivity index (χ4v) is 3.86. The Labute approximate surface area is 172 Å². The summed E-state index contributed by atoms with van der Waals surface area (Å²) >= 11 is 0. The Balaban J connectivity index is 1.30. The lowest BCUT2D eigenvalue weighted by molar-refractivity contribution is -0.135. The van der Waals surface area contributed by atoms with Gasteiger partial charge in [-0.05, 0) is 31.4 Å². The first-order valence-electron chi connectivity index (χ1n) is 10.7. The first-order valence-corrected chi connectivity index (χ1v) is 10.7. The number of amides is 3. The van der Waals surface area contributed by atoms with E-state index in [4.69, 9.17) is 4.42 Å². The quantitative estimate of drug-likeness (QED) is 0.693. The van der Waals surface area contributed by atoms with E-state index in [1.54, 1.807) is 12.1 Å². The molecule has 2 aliphatic heterocycles. The first kappa shape index (κ1) is 21.4. The van der Waals surface area contributed by atoms with Crippen molar-refractivity contribution >= 4 is 17.7 Å². The highest BCUT2D eigenvalue weighted by Gasteiger charge is 2.24. The van der Waals surface area contributed by atoms with Gasteiger partial charge in [-0.2, -0.15) is 0 Å². The molecule has 0 unspecified atom stereocenters. The topological polar surface area (TPSA) is 86.1 Å². The van der Waals surface area contributed by atoms with Crippen LogP contribution in [0.4, 0.5) is 0 Å². The molecule has 3 heterocycles. The maximum absolute atomic E-state index is 12.5. The number of nitrogens with zero attached hydrogens (tertiary/aromatic N) is 3. The molecule has 0 atom stereocenters. The molecule has 3 rings (SSSR count). The number of hydrogen-bond acceptors (Lipinski definition) is 5. The maximum Gasteiger partial charge on any atom is 0.286 e. The minimum atomic E-state index is -0.259. The van der Waals surface area contributed by atoms with Gasteiger partial charge in [0.1, 0.15) is 0 Å². The lowest BCUT2D eigenvalue weighted by atomic mass is 10.2. The highest BCUT2D eigenvalue weighted by molar-refractivity contribution is 5.91. The molecule has 2 aliphatic rings. The number of carbonyl (C=O) groups excluding carboxylic acids is 3. The number of nitrogens with one attached hydrogen (secondary N) is 1. The lowest BCUT2D eigenvalue weighted by Gasteiger charge is -2.35. The molecule has 0 spiro atoms. The van der Waals surface area contributed by atoms with Gasteiger partial charge in [0.15, 0.2) is 5.76 Å². The highest BCUT2D eigenvalue weighted by atomic mass is 16.3. The predicted octanol–water partition coefficient (Wildman–Crippen LogP) is 1.34. The number of rotatable bonds is 7. The monoisotopic (exact) mass is 404 g/mol. The summed E-state index contributed by atoms with van der Waals surface area (Å²) in [6, 6.07) is 3.27. The van der Waals surface area contributed by atoms with E-state index >= 15 is 0 Å². The molecule has 2 saturated heterocycles. The van der Waals surface area contributed by atoms with E-state index in [0.717, 1.165) is 39.0 Å². The molecule has 3 amide bonds. The van der Waals surface area contributed by atoms with Gasteiger partial charge in [-0.1, -0.05) is 12.8 Å². The largest absolute Gasteiger partial charge is 0.459 e. The summed E-state index contributed by atoms with van der Waals surface area (Å²) < 4.78 is 5.03. The summed E-state index contributed by atoms with van der Waals surface area (Å²) in [5, 5.41) is 2.75. The number of carbonyl (C=O) groups is 3. The Hall–Kier alpha value is -2.35. The SMILES string of the molecule is O=C(NCCCC(=O)N1CCN(CC(=O)N2CCCCCC2)CC1)c1ccco1. The van der Waals surface area contributed by atoms with Crippen LogP contribution in [0.5, 0.6) is 0 Å². The van der Waals surface area contributed by atoms with Gasteiger partial charge >= 0.3 is 0 Å². The van der Waals surface area contributed by atoms with E-state index in [0.29, 0.717) is 39.0 Å². The second-order valence-electron chi connectivity index (χ2n) is 7.79. The van der Waals surface area contributed by atoms with E-state index in [1.807, 2.05) is 9.80 Å². The molecule has 1 aromatic rings. The van der Waals surface area contributed by atoms with E-state index in [-0.39, 0.29) is 23.5 Å². The molecule has 160 valence electrons. The molecule has 0 aliphatic carbocycles. The van der Waals surface area contributed by atoms with Crippen LogP contribution in [0, 0.1) is 0 Å². The van der Waals surface area contributed by atoms with Crippen molar-refractivity contribution in [3.8, 4) is 0 Å². The van der Waals surface area contributed by atoms with Gasteiger partial charge in [0, 0.05) is 52.2 Å². The zero-order valence-corrected chi connectivity index (χ0v) is 17.1. The lowest BCUT2D eigenvalue weighted by Crippen LogP contribution is -2.51. The van der Waals surface area contributed by atoms with E-state index in [1.165, 1.54) is 19.1 Å². The van der Waals surface area contributed by atoms with Crippen molar-refractivity contribution in [2.75, 3.05) is 52.4 Å². The van der Waals surface area contributed by atoms with Gasteiger partial charge in [0.2, 0.25) is 11.8 Å². The minimum absolute atomic E-state index is 0.107. The Bertz CT molecular complexity index is 660. The minimum Gasteiger partial charge on any atom is -0.459 e. The Morgan fingerprint density at radius 3 is 2.24 bits per heavy atom. The van der Waals surface area contributed by atoms with Gasteiger partial charge in [0.05, 0.1) is 12.8 Å². The van der Waals surface area contributed by atoms with E-state index in [2.05, 4.69) is 10.2 Å². The number of hydrogen-bond donors (Lipinski definition) is 1. The molecule has 1 aromatic heterocycles. The van der Waals surface area contributed by atoms with Crippen LogP contribution in [0.25, 0.3) is 0 Å². The Kier molecular flexibility index (Phi) is 8.10. The molecular weight excluding hydrogens is 372 g/mol. The normalized spacial score (nSPS) is 18.3. The standard InChI is InChI=1S/C21H32N4O4/c26-19(8-5-9-22-21(28)18-7-6-16-29-18)25-14-12-23(13-15-25)17-20(27)24-10-3-1-2-4-11-24/h6-7,16H,1-5,8-15,17H2,(H,22,28). The molecule has 2 fully saturated rings. The molecular formula is C21H32N4O4. The summed E-state index contributed by atoms with van der Waals surface area (Å²) in [5.74, 6) is 0.349. The van der Waals surface area contributed by atoms with Crippen molar-refractivity contribution in [2.45, 2.75) is 38.5 Å². The van der Waals surface area contributed by atoms with Gasteiger partial charge in [-0.15, -0.1) is 0 Å². The van der Waals surface area contributed by atoms with Crippen LogP contribution in [-0.2, 0) is 9.59 Å². The zero-order chi connectivity index (χ0) is 20.5. The van der Waals surface area contributed by atoms with Gasteiger partial charge < -0.3 is 19.5 Å². The first-order chi connectivity index (χ1) is 14.1. The number of furan rings is 1. The van der Waals surface area contributed by atoms with Crippen molar-refractivity contribution in [3.63, 3.8) is 0 Å². The van der Waals surface area contributed by atoms with Crippen LogP contribution in [0.3, 0.4) is 0 Å². The Morgan fingerprint density at radius 2 is 1.59 bits per heavy atom. The Morgan fingerprint density at radius 1 is 0.897 bits per heavy atom. The van der Waals surface area contributed by atoms with Crippen molar-refractivity contribution in [1.29, 1.82) is 0 Å². The van der Waals surface area contributed by atoms with E-state index < -0.39 is 0 Å². The summed E-state index contributed by atoms with van der Waals surface area (Å²) in [4.78, 5) is 42.7. The van der Waals surface area contributed by atoms with Crippen LogP contribution in [-0.4, -0.2) is 84.8 Å². The average molecular weight is 405 g/mol. The van der Waals surface area contributed by atoms with Crippen molar-refractivity contribution in [3.05, 3.63) is 24.2 Å². The van der Waals surface area contributed by atoms with Crippen LogP contribution in [0.2, 0.25) is 0 Å². The van der Waals surface area contributed by atoms with Gasteiger partial charge in [-0.25, -0.2) is 0 Å². The molecule has 1 N–H and O–H groups in total. The third-order valence-electron chi connectivity index (χ3n) is 5.64. The third kappa shape index (κ3) is 6.59. The molecule has 0 radical (unpaired) electrons. The predicted molar refractivity (Wildman–Crippen MR) is 108 cm³/mol. The van der Waals surface area contributed by atoms with Crippen molar-refractivity contribution in [1.82, 2.24) is 20.0 Å². The smallest absolute Gasteiger partial charge is 0.286 e. The number of likely N-dealkylation sites (tertiary alicyclic amines) is 1. The van der Waals surface area contributed by atoms with Gasteiger partial charge in [-0.3, -0.25) is 19.3 Å². The summed E-state index contributed by atoms with van der Waals surface area (Å²) in [6.07, 6.45) is 7.11. The summed E-state index contributed by atoms with van der Waals surface area (Å²) in [5.41, 5.74) is 0. The fraction of sp³-hybridized carbons (Fsp3) is 0.667. The summed E-state index contributed by atoms with van der Waals surface area (Å²) in [6.45, 7) is 5.45. The zero-order valence-electron chi connectivity index (χ0n) is 17.1. The van der Waals surface area contributed by atoms with Crippen LogP contribution >= 0.6 is 0 Å².